The quantitative estimate of drug-likeness (QED) is 0.278. The number of nitrogens with zero attached hydrogens (tertiary/aromatic N) is 1. The molecule has 0 atom stereocenters. The van der Waals surface area contributed by atoms with Crippen molar-refractivity contribution in [1.29, 1.82) is 0 Å². The van der Waals surface area contributed by atoms with Crippen LogP contribution >= 0.6 is 0 Å². The van der Waals surface area contributed by atoms with E-state index in [0.717, 1.165) is 67.5 Å². The first-order chi connectivity index (χ1) is 15.2. The minimum Gasteiger partial charge on any atom is -0.497 e. The second kappa shape index (κ2) is 14.5. The average molecular weight is 416 g/mol. The van der Waals surface area contributed by atoms with Gasteiger partial charge in [-0.1, -0.05) is 49.7 Å². The lowest BCUT2D eigenvalue weighted by molar-refractivity contribution is -0.137. The normalized spacial score (nSPS) is 10.1. The third kappa shape index (κ3) is 10.7. The maximum Gasteiger partial charge on any atom is 0.303 e. The Morgan fingerprint density at radius 1 is 0.935 bits per heavy atom. The van der Waals surface area contributed by atoms with Crippen LogP contribution in [-0.2, 0) is 4.79 Å². The summed E-state index contributed by atoms with van der Waals surface area (Å²) in [5.41, 5.74) is 2.81. The van der Waals surface area contributed by atoms with Crippen LogP contribution in [0, 0.1) is 23.7 Å². The molecule has 4 nitrogen and oxygen atoms in total. The van der Waals surface area contributed by atoms with Crippen molar-refractivity contribution in [2.24, 2.45) is 4.99 Å². The lowest BCUT2D eigenvalue weighted by Gasteiger charge is -1.99. The van der Waals surface area contributed by atoms with E-state index in [1.807, 2.05) is 54.7 Å². The molecule has 0 amide bonds. The van der Waals surface area contributed by atoms with Crippen LogP contribution in [0.5, 0.6) is 5.75 Å². The molecule has 0 aromatic heterocycles. The van der Waals surface area contributed by atoms with Gasteiger partial charge in [0.15, 0.2) is 0 Å². The van der Waals surface area contributed by atoms with Crippen molar-refractivity contribution >= 4 is 17.9 Å². The molecular weight excluding hydrogens is 386 g/mol. The number of aliphatic carboxylic acids is 1. The summed E-state index contributed by atoms with van der Waals surface area (Å²) in [6.45, 7) is 0. The van der Waals surface area contributed by atoms with E-state index in [1.54, 1.807) is 7.11 Å². The van der Waals surface area contributed by atoms with Gasteiger partial charge in [0.1, 0.15) is 5.75 Å². The average Bonchev–Trinajstić information content (AvgIpc) is 2.79. The van der Waals surface area contributed by atoms with Gasteiger partial charge >= 0.3 is 5.97 Å². The Morgan fingerprint density at radius 3 is 2.29 bits per heavy atom. The number of ether oxygens (including phenoxy) is 1. The molecule has 0 radical (unpaired) electrons. The number of methoxy groups -OCH3 is 1. The Kier molecular flexibility index (Phi) is 11.1. The second-order valence-corrected chi connectivity index (χ2v) is 7.15. The predicted molar refractivity (Wildman–Crippen MR) is 126 cm³/mol. The summed E-state index contributed by atoms with van der Waals surface area (Å²) in [5.74, 6) is 12.1. The van der Waals surface area contributed by atoms with Gasteiger partial charge in [-0.2, -0.15) is 0 Å². The molecular formula is C27H29NO3. The summed E-state index contributed by atoms with van der Waals surface area (Å²) in [4.78, 5) is 14.9. The Hall–Kier alpha value is -3.50. The van der Waals surface area contributed by atoms with E-state index in [0.29, 0.717) is 0 Å². The topological polar surface area (TPSA) is 58.9 Å². The third-order valence-electron chi connectivity index (χ3n) is 4.65. The number of aliphatic imine (C=N–C) groups is 1. The number of rotatable bonds is 11. The largest absolute Gasteiger partial charge is 0.497 e. The van der Waals surface area contributed by atoms with Crippen molar-refractivity contribution in [1.82, 2.24) is 0 Å². The van der Waals surface area contributed by atoms with Gasteiger partial charge in [0.05, 0.1) is 12.8 Å². The first-order valence-corrected chi connectivity index (χ1v) is 10.7. The van der Waals surface area contributed by atoms with Gasteiger partial charge < -0.3 is 9.84 Å². The molecule has 0 fully saturated rings. The molecule has 31 heavy (non-hydrogen) atoms. The monoisotopic (exact) mass is 415 g/mol. The van der Waals surface area contributed by atoms with Crippen LogP contribution in [0.1, 0.15) is 62.5 Å². The van der Waals surface area contributed by atoms with E-state index in [1.165, 1.54) is 0 Å². The highest BCUT2D eigenvalue weighted by Crippen LogP contribution is 2.17. The highest BCUT2D eigenvalue weighted by atomic mass is 16.5. The molecule has 2 aromatic rings. The van der Waals surface area contributed by atoms with Crippen molar-refractivity contribution in [3.05, 3.63) is 59.7 Å². The van der Waals surface area contributed by atoms with Crippen LogP contribution in [0.15, 0.2) is 53.5 Å². The predicted octanol–water partition coefficient (Wildman–Crippen LogP) is 6.01. The van der Waals surface area contributed by atoms with Gasteiger partial charge in [0.25, 0.3) is 0 Å². The maximum atomic E-state index is 10.4. The minimum atomic E-state index is -0.703. The maximum absolute atomic E-state index is 10.4. The van der Waals surface area contributed by atoms with E-state index in [-0.39, 0.29) is 6.42 Å². The zero-order valence-corrected chi connectivity index (χ0v) is 18.1. The van der Waals surface area contributed by atoms with Crippen molar-refractivity contribution in [2.45, 2.75) is 51.4 Å². The van der Waals surface area contributed by atoms with Crippen LogP contribution in [-0.4, -0.2) is 24.4 Å². The fourth-order valence-electron chi connectivity index (χ4n) is 2.88. The molecule has 2 rings (SSSR count). The Labute approximate surface area is 185 Å². The third-order valence-corrected chi connectivity index (χ3v) is 4.65. The number of carboxylic acids is 1. The van der Waals surface area contributed by atoms with E-state index in [2.05, 4.69) is 28.7 Å². The molecule has 4 heteroatoms. The second-order valence-electron chi connectivity index (χ2n) is 7.15. The van der Waals surface area contributed by atoms with Gasteiger partial charge in [-0.15, -0.1) is 0 Å². The zero-order valence-electron chi connectivity index (χ0n) is 18.1. The van der Waals surface area contributed by atoms with Crippen LogP contribution < -0.4 is 4.74 Å². The van der Waals surface area contributed by atoms with E-state index in [4.69, 9.17) is 9.84 Å². The number of carbonyl (C=O) groups is 1. The molecule has 0 saturated carbocycles. The highest BCUT2D eigenvalue weighted by Gasteiger charge is 1.96. The molecule has 0 aliphatic heterocycles. The zero-order chi connectivity index (χ0) is 22.2. The SMILES string of the molecule is COc1ccc(N=Cc2ccc(C#CC#CCCCCCCCCC(=O)O)cc2)cc1. The lowest BCUT2D eigenvalue weighted by atomic mass is 10.1. The molecule has 0 heterocycles. The molecule has 1 N–H and O–H groups in total. The molecule has 0 saturated heterocycles. The molecule has 0 aliphatic rings. The molecule has 0 spiro atoms. The number of hydrogen-bond donors (Lipinski definition) is 1. The fraction of sp³-hybridized carbons (Fsp3) is 0.333. The molecule has 2 aromatic carbocycles. The van der Waals surface area contributed by atoms with E-state index in [9.17, 15) is 4.79 Å². The van der Waals surface area contributed by atoms with Crippen molar-refractivity contribution in [3.8, 4) is 29.4 Å². The van der Waals surface area contributed by atoms with Gasteiger partial charge in [0, 0.05) is 24.6 Å². The Balaban J connectivity index is 1.66. The fourth-order valence-corrected chi connectivity index (χ4v) is 2.88. The number of carboxylic acid groups (broad SMARTS) is 1. The van der Waals surface area contributed by atoms with E-state index >= 15 is 0 Å². The number of hydrogen-bond acceptors (Lipinski definition) is 3. The Morgan fingerprint density at radius 2 is 1.61 bits per heavy atom. The number of benzene rings is 2. The van der Waals surface area contributed by atoms with E-state index < -0.39 is 5.97 Å². The van der Waals surface area contributed by atoms with Crippen LogP contribution in [0.4, 0.5) is 5.69 Å². The van der Waals surface area contributed by atoms with Gasteiger partial charge in [-0.3, -0.25) is 9.79 Å². The summed E-state index contributed by atoms with van der Waals surface area (Å²) in [6, 6.07) is 15.5. The standard InChI is InChI=1S/C27H29NO3/c1-31-26-20-18-25(19-21-26)28-22-24-16-14-23(15-17-24)12-10-8-6-4-2-3-5-7-9-11-13-27(29)30/h14-22H,2-5,7,9,11,13H2,1H3,(H,29,30). The van der Waals surface area contributed by atoms with Crippen LogP contribution in [0.25, 0.3) is 0 Å². The summed E-state index contributed by atoms with van der Waals surface area (Å²) >= 11 is 0. The summed E-state index contributed by atoms with van der Waals surface area (Å²) in [7, 11) is 1.64. The van der Waals surface area contributed by atoms with Crippen molar-refractivity contribution < 1.29 is 14.6 Å². The minimum absolute atomic E-state index is 0.282. The number of unbranched alkanes of at least 4 members (excludes halogenated alkanes) is 6. The molecule has 0 aliphatic carbocycles. The van der Waals surface area contributed by atoms with Gasteiger partial charge in [-0.05, 0) is 66.6 Å². The van der Waals surface area contributed by atoms with Crippen LogP contribution in [0.2, 0.25) is 0 Å². The highest BCUT2D eigenvalue weighted by molar-refractivity contribution is 5.82. The van der Waals surface area contributed by atoms with Crippen LogP contribution in [0.3, 0.4) is 0 Å². The summed E-state index contributed by atoms with van der Waals surface area (Å²) in [5, 5.41) is 8.58. The lowest BCUT2D eigenvalue weighted by Crippen LogP contribution is -1.93. The first kappa shape index (κ1) is 23.8. The summed E-state index contributed by atoms with van der Waals surface area (Å²) in [6.07, 6.45) is 9.17. The van der Waals surface area contributed by atoms with Gasteiger partial charge in [-0.25, -0.2) is 0 Å². The Bertz CT molecular complexity index is 952. The molecule has 0 unspecified atom stereocenters. The smallest absolute Gasteiger partial charge is 0.303 e. The van der Waals surface area contributed by atoms with Crippen molar-refractivity contribution in [2.75, 3.05) is 7.11 Å². The van der Waals surface area contributed by atoms with Gasteiger partial charge in [0.2, 0.25) is 0 Å². The molecule has 0 bridgehead atoms. The molecule has 160 valence electrons. The van der Waals surface area contributed by atoms with Crippen molar-refractivity contribution in [3.63, 3.8) is 0 Å². The first-order valence-electron chi connectivity index (χ1n) is 10.7. The summed E-state index contributed by atoms with van der Waals surface area (Å²) < 4.78 is 5.14.